The van der Waals surface area contributed by atoms with Crippen LogP contribution in [0.25, 0.3) is 0 Å². The van der Waals surface area contributed by atoms with E-state index in [0.29, 0.717) is 5.92 Å². The number of fused-ring (bicyclic) bond motifs is 1. The van der Waals surface area contributed by atoms with E-state index >= 15 is 0 Å². The Morgan fingerprint density at radius 3 is 2.73 bits per heavy atom. The van der Waals surface area contributed by atoms with Crippen molar-refractivity contribution in [2.24, 2.45) is 10.9 Å². The highest BCUT2D eigenvalue weighted by Gasteiger charge is 2.27. The van der Waals surface area contributed by atoms with Crippen LogP contribution in [0.1, 0.15) is 28.8 Å². The lowest BCUT2D eigenvalue weighted by Gasteiger charge is -2.33. The summed E-state index contributed by atoms with van der Waals surface area (Å²) in [4.78, 5) is 9.02. The molecule has 1 aromatic heterocycles. The summed E-state index contributed by atoms with van der Waals surface area (Å²) in [6.45, 7) is 4.47. The van der Waals surface area contributed by atoms with E-state index < -0.39 is 0 Å². The van der Waals surface area contributed by atoms with Crippen molar-refractivity contribution in [3.8, 4) is 0 Å². The van der Waals surface area contributed by atoms with Crippen LogP contribution in [-0.4, -0.2) is 30.2 Å². The Morgan fingerprint density at radius 2 is 1.91 bits per heavy atom. The van der Waals surface area contributed by atoms with Gasteiger partial charge in [-0.05, 0) is 42.9 Å². The number of likely N-dealkylation sites (tertiary alicyclic amines) is 1. The van der Waals surface area contributed by atoms with Gasteiger partial charge in [0, 0.05) is 41.6 Å². The predicted octanol–water partition coefficient (Wildman–Crippen LogP) is 4.01. The van der Waals surface area contributed by atoms with Gasteiger partial charge in [0.15, 0.2) is 0 Å². The molecule has 22 heavy (non-hydrogen) atoms. The molecule has 0 saturated carbocycles. The van der Waals surface area contributed by atoms with Crippen LogP contribution in [0, 0.1) is 5.92 Å². The Bertz CT molecular complexity index is 651. The largest absolute Gasteiger partial charge is 0.299 e. The molecular formula is C19H22N2S. The van der Waals surface area contributed by atoms with Gasteiger partial charge in [-0.25, -0.2) is 0 Å². The molecule has 0 N–H and O–H groups in total. The summed E-state index contributed by atoms with van der Waals surface area (Å²) < 4.78 is 0. The van der Waals surface area contributed by atoms with Gasteiger partial charge in [0.05, 0.1) is 0 Å². The number of hydrogen-bond acceptors (Lipinski definition) is 3. The van der Waals surface area contributed by atoms with Gasteiger partial charge in [-0.1, -0.05) is 30.3 Å². The zero-order valence-electron chi connectivity index (χ0n) is 12.9. The molecular weight excluding hydrogens is 288 g/mol. The van der Waals surface area contributed by atoms with Crippen LogP contribution in [0.3, 0.4) is 0 Å². The van der Waals surface area contributed by atoms with Crippen molar-refractivity contribution in [1.29, 1.82) is 0 Å². The van der Waals surface area contributed by atoms with E-state index in [4.69, 9.17) is 4.99 Å². The molecule has 114 valence electrons. The van der Waals surface area contributed by atoms with Gasteiger partial charge in [-0.2, -0.15) is 0 Å². The van der Waals surface area contributed by atoms with Gasteiger partial charge in [0.2, 0.25) is 0 Å². The molecule has 0 bridgehead atoms. The van der Waals surface area contributed by atoms with Crippen molar-refractivity contribution in [2.75, 3.05) is 19.6 Å². The summed E-state index contributed by atoms with van der Waals surface area (Å²) in [5.74, 6) is 0.667. The second-order valence-electron chi connectivity index (χ2n) is 6.31. The number of thiophene rings is 1. The molecule has 2 nitrogen and oxygen atoms in total. The van der Waals surface area contributed by atoms with Crippen molar-refractivity contribution in [1.82, 2.24) is 4.90 Å². The molecule has 2 aliphatic rings. The summed E-state index contributed by atoms with van der Waals surface area (Å²) in [6.07, 6.45) is 3.64. The summed E-state index contributed by atoms with van der Waals surface area (Å²) in [5, 5.41) is 2.23. The van der Waals surface area contributed by atoms with E-state index in [1.807, 2.05) is 11.3 Å². The zero-order valence-corrected chi connectivity index (χ0v) is 13.7. The summed E-state index contributed by atoms with van der Waals surface area (Å²) >= 11 is 1.90. The quantitative estimate of drug-likeness (QED) is 0.836. The van der Waals surface area contributed by atoms with Crippen molar-refractivity contribution >= 4 is 17.0 Å². The average molecular weight is 310 g/mol. The molecule has 0 atom stereocenters. The Labute approximate surface area is 136 Å². The first-order valence-corrected chi connectivity index (χ1v) is 9.15. The fourth-order valence-corrected chi connectivity index (χ4v) is 4.56. The predicted molar refractivity (Wildman–Crippen MR) is 93.9 cm³/mol. The van der Waals surface area contributed by atoms with E-state index in [0.717, 1.165) is 19.5 Å². The van der Waals surface area contributed by atoms with E-state index in [1.54, 1.807) is 4.88 Å². The molecule has 3 heteroatoms. The topological polar surface area (TPSA) is 15.6 Å². The Balaban J connectivity index is 1.39. The number of aliphatic imine (C=N–C) groups is 1. The number of piperidine rings is 1. The van der Waals surface area contributed by atoms with Crippen LogP contribution < -0.4 is 0 Å². The Hall–Kier alpha value is -1.45. The molecule has 3 heterocycles. The summed E-state index contributed by atoms with van der Waals surface area (Å²) in [6, 6.07) is 13.1. The van der Waals surface area contributed by atoms with E-state index in [2.05, 4.69) is 46.7 Å². The van der Waals surface area contributed by atoms with Gasteiger partial charge >= 0.3 is 0 Å². The normalized spacial score (nSPS) is 19.7. The molecule has 0 aliphatic carbocycles. The molecule has 4 rings (SSSR count). The molecule has 0 amide bonds. The number of nitrogens with zero attached hydrogens (tertiary/aromatic N) is 2. The second kappa shape index (κ2) is 6.35. The number of hydrogen-bond donors (Lipinski definition) is 0. The second-order valence-corrected chi connectivity index (χ2v) is 7.31. The first-order valence-electron chi connectivity index (χ1n) is 8.27. The molecule has 1 saturated heterocycles. The Kier molecular flexibility index (Phi) is 4.09. The molecule has 0 spiro atoms. The minimum Gasteiger partial charge on any atom is -0.299 e. The van der Waals surface area contributed by atoms with E-state index in [1.165, 1.54) is 42.8 Å². The van der Waals surface area contributed by atoms with Crippen LogP contribution in [0.5, 0.6) is 0 Å². The van der Waals surface area contributed by atoms with Crippen LogP contribution in [-0.2, 0) is 13.0 Å². The highest BCUT2D eigenvalue weighted by atomic mass is 32.1. The zero-order chi connectivity index (χ0) is 14.8. The highest BCUT2D eigenvalue weighted by molar-refractivity contribution is 7.10. The van der Waals surface area contributed by atoms with Crippen LogP contribution >= 0.6 is 11.3 Å². The number of benzene rings is 1. The fraction of sp³-hybridized carbons (Fsp3) is 0.421. The van der Waals surface area contributed by atoms with Crippen molar-refractivity contribution in [2.45, 2.75) is 25.8 Å². The first-order chi connectivity index (χ1) is 10.9. The molecule has 2 aromatic rings. The fourth-order valence-electron chi connectivity index (χ4n) is 3.68. The smallest absolute Gasteiger partial charge is 0.0463 e. The van der Waals surface area contributed by atoms with Gasteiger partial charge in [0.25, 0.3) is 0 Å². The lowest BCUT2D eigenvalue weighted by atomic mass is 9.86. The van der Waals surface area contributed by atoms with E-state index in [9.17, 15) is 0 Å². The minimum absolute atomic E-state index is 0.667. The summed E-state index contributed by atoms with van der Waals surface area (Å²) in [5.41, 5.74) is 4.29. The van der Waals surface area contributed by atoms with Crippen LogP contribution in [0.2, 0.25) is 0 Å². The number of rotatable bonds is 3. The maximum atomic E-state index is 4.88. The van der Waals surface area contributed by atoms with Crippen molar-refractivity contribution in [3.63, 3.8) is 0 Å². The van der Waals surface area contributed by atoms with E-state index in [-0.39, 0.29) is 0 Å². The maximum absolute atomic E-state index is 4.88. The van der Waals surface area contributed by atoms with Gasteiger partial charge in [-0.3, -0.25) is 9.89 Å². The third-order valence-corrected chi connectivity index (χ3v) is 5.85. The standard InChI is InChI=1S/C19H22N2S/c1-2-4-15(5-3-1)14-21-11-7-16(8-12-21)19-17-9-13-22-18(17)6-10-20-19/h1-5,9,13,16H,6-8,10-12,14H2. The molecule has 2 aliphatic heterocycles. The third kappa shape index (κ3) is 2.88. The van der Waals surface area contributed by atoms with Gasteiger partial charge in [0.1, 0.15) is 0 Å². The Morgan fingerprint density at radius 1 is 1.09 bits per heavy atom. The van der Waals surface area contributed by atoms with Crippen molar-refractivity contribution < 1.29 is 0 Å². The van der Waals surface area contributed by atoms with Crippen LogP contribution in [0.4, 0.5) is 0 Å². The molecule has 0 unspecified atom stereocenters. The maximum Gasteiger partial charge on any atom is 0.0463 e. The monoisotopic (exact) mass is 310 g/mol. The first kappa shape index (κ1) is 14.2. The minimum atomic E-state index is 0.667. The van der Waals surface area contributed by atoms with Gasteiger partial charge in [-0.15, -0.1) is 11.3 Å². The lowest BCUT2D eigenvalue weighted by Crippen LogP contribution is -2.36. The summed E-state index contributed by atoms with van der Waals surface area (Å²) in [7, 11) is 0. The van der Waals surface area contributed by atoms with Gasteiger partial charge < -0.3 is 0 Å². The van der Waals surface area contributed by atoms with Crippen molar-refractivity contribution in [3.05, 3.63) is 57.8 Å². The van der Waals surface area contributed by atoms with Crippen LogP contribution in [0.15, 0.2) is 46.8 Å². The average Bonchev–Trinajstić information content (AvgIpc) is 3.05. The molecule has 1 aromatic carbocycles. The molecule has 1 fully saturated rings. The lowest BCUT2D eigenvalue weighted by molar-refractivity contribution is 0.202. The third-order valence-electron chi connectivity index (χ3n) is 4.87. The SMILES string of the molecule is c1ccc(CN2CCC(C3=NCCc4sccc43)CC2)cc1. The highest BCUT2D eigenvalue weighted by Crippen LogP contribution is 2.30. The molecule has 0 radical (unpaired) electrons.